The molecule has 4 heteroatoms. The molecule has 0 aromatic rings. The van der Waals surface area contributed by atoms with Gasteiger partial charge >= 0.3 is 0 Å². The zero-order valence-corrected chi connectivity index (χ0v) is 14.1. The number of aliphatic hydroxyl groups is 1. The van der Waals surface area contributed by atoms with Crippen LogP contribution in [0, 0.1) is 28.6 Å². The lowest BCUT2D eigenvalue weighted by Gasteiger charge is -2.63. The fraction of sp³-hybridized carbons (Fsp3) is 0.895. The second-order valence-electron chi connectivity index (χ2n) is 9.06. The number of hydrogen-bond acceptors (Lipinski definition) is 3. The number of hydrogen-bond donors (Lipinski definition) is 1. The number of alkyl halides is 1. The Balaban J connectivity index is 1.74. The number of fused-ring (bicyclic) bond motifs is 5. The lowest BCUT2D eigenvalue weighted by atomic mass is 9.43. The Labute approximate surface area is 137 Å². The molecular weight excluding hydrogens is 295 g/mol. The van der Waals surface area contributed by atoms with Crippen LogP contribution in [0.15, 0.2) is 0 Å². The second-order valence-corrected chi connectivity index (χ2v) is 9.06. The van der Waals surface area contributed by atoms with Gasteiger partial charge in [-0.1, -0.05) is 13.8 Å². The van der Waals surface area contributed by atoms with E-state index < -0.39 is 17.2 Å². The first kappa shape index (κ1) is 15.7. The molecule has 5 unspecified atom stereocenters. The summed E-state index contributed by atoms with van der Waals surface area (Å²) in [4.78, 5) is 24.2. The summed E-state index contributed by atoms with van der Waals surface area (Å²) in [6.07, 6.45) is 3.20. The van der Waals surface area contributed by atoms with Crippen molar-refractivity contribution in [3.8, 4) is 0 Å². The summed E-state index contributed by atoms with van der Waals surface area (Å²) in [5, 5.41) is 11.1. The van der Waals surface area contributed by atoms with Crippen molar-refractivity contribution < 1.29 is 19.1 Å². The van der Waals surface area contributed by atoms with Crippen LogP contribution < -0.4 is 0 Å². The van der Waals surface area contributed by atoms with Crippen molar-refractivity contribution >= 4 is 11.6 Å². The van der Waals surface area contributed by atoms with Gasteiger partial charge in [-0.25, -0.2) is 4.39 Å². The summed E-state index contributed by atoms with van der Waals surface area (Å²) in [6, 6.07) is 0. The van der Waals surface area contributed by atoms with Crippen LogP contribution in [0.2, 0.25) is 0 Å². The SMILES string of the molecule is CC12CCC3C(C[C@@H](F)[C@@]4(O)CC(=O)CCC34C)C1CCC2=O. The quantitative estimate of drug-likeness (QED) is 0.745. The van der Waals surface area contributed by atoms with Crippen molar-refractivity contribution in [2.24, 2.45) is 28.6 Å². The van der Waals surface area contributed by atoms with Gasteiger partial charge in [0, 0.05) is 30.1 Å². The van der Waals surface area contributed by atoms with E-state index in [0.717, 1.165) is 19.3 Å². The van der Waals surface area contributed by atoms with Gasteiger partial charge in [-0.15, -0.1) is 0 Å². The Morgan fingerprint density at radius 3 is 2.57 bits per heavy atom. The fourth-order valence-electron chi connectivity index (χ4n) is 6.79. The average Bonchev–Trinajstić information content (AvgIpc) is 2.79. The highest BCUT2D eigenvalue weighted by molar-refractivity contribution is 5.87. The van der Waals surface area contributed by atoms with Crippen LogP contribution in [0.3, 0.4) is 0 Å². The predicted octanol–water partition coefficient (Wildman–Crippen LogP) is 3.23. The van der Waals surface area contributed by atoms with Gasteiger partial charge in [-0.2, -0.15) is 0 Å². The monoisotopic (exact) mass is 322 g/mol. The molecule has 4 aliphatic rings. The van der Waals surface area contributed by atoms with Crippen LogP contribution in [0.1, 0.15) is 65.2 Å². The van der Waals surface area contributed by atoms with E-state index in [-0.39, 0.29) is 35.4 Å². The van der Waals surface area contributed by atoms with Crippen molar-refractivity contribution in [1.29, 1.82) is 0 Å². The van der Waals surface area contributed by atoms with E-state index in [2.05, 4.69) is 6.92 Å². The van der Waals surface area contributed by atoms with Crippen LogP contribution in [-0.4, -0.2) is 28.4 Å². The van der Waals surface area contributed by atoms with Crippen LogP contribution in [0.4, 0.5) is 4.39 Å². The van der Waals surface area contributed by atoms with Crippen molar-refractivity contribution in [3.05, 3.63) is 0 Å². The zero-order chi connectivity index (χ0) is 16.6. The van der Waals surface area contributed by atoms with Gasteiger partial charge < -0.3 is 5.11 Å². The third-order valence-corrected chi connectivity index (χ3v) is 8.34. The van der Waals surface area contributed by atoms with Crippen LogP contribution in [-0.2, 0) is 9.59 Å². The van der Waals surface area contributed by atoms with Gasteiger partial charge in [0.25, 0.3) is 0 Å². The summed E-state index contributed by atoms with van der Waals surface area (Å²) >= 11 is 0. The molecule has 4 fully saturated rings. The highest BCUT2D eigenvalue weighted by Gasteiger charge is 2.67. The van der Waals surface area contributed by atoms with Gasteiger partial charge in [0.15, 0.2) is 0 Å². The molecule has 3 nitrogen and oxygen atoms in total. The molecule has 4 saturated carbocycles. The largest absolute Gasteiger partial charge is 0.386 e. The number of rotatable bonds is 0. The molecule has 0 aromatic carbocycles. The van der Waals surface area contributed by atoms with E-state index in [0.29, 0.717) is 31.5 Å². The molecule has 1 N–H and O–H groups in total. The predicted molar refractivity (Wildman–Crippen MR) is 83.5 cm³/mol. The van der Waals surface area contributed by atoms with Crippen molar-refractivity contribution in [2.45, 2.75) is 77.0 Å². The Kier molecular flexibility index (Phi) is 3.18. The van der Waals surface area contributed by atoms with E-state index in [4.69, 9.17) is 0 Å². The summed E-state index contributed by atoms with van der Waals surface area (Å²) in [6.45, 7) is 4.08. The van der Waals surface area contributed by atoms with Crippen molar-refractivity contribution in [2.75, 3.05) is 0 Å². The molecule has 128 valence electrons. The maximum atomic E-state index is 15.1. The van der Waals surface area contributed by atoms with Crippen molar-refractivity contribution in [1.82, 2.24) is 0 Å². The third kappa shape index (κ3) is 1.79. The minimum Gasteiger partial charge on any atom is -0.386 e. The maximum Gasteiger partial charge on any atom is 0.139 e. The molecule has 4 aliphatic carbocycles. The van der Waals surface area contributed by atoms with E-state index >= 15 is 4.39 Å². The first-order valence-electron chi connectivity index (χ1n) is 9.14. The number of carbonyl (C=O) groups is 2. The highest BCUT2D eigenvalue weighted by atomic mass is 19.1. The van der Waals surface area contributed by atoms with E-state index in [1.165, 1.54) is 0 Å². The smallest absolute Gasteiger partial charge is 0.139 e. The van der Waals surface area contributed by atoms with Crippen LogP contribution in [0.25, 0.3) is 0 Å². The lowest BCUT2D eigenvalue weighted by molar-refractivity contribution is -0.230. The van der Waals surface area contributed by atoms with Crippen LogP contribution >= 0.6 is 0 Å². The first-order chi connectivity index (χ1) is 10.7. The van der Waals surface area contributed by atoms with Gasteiger partial charge in [0.1, 0.15) is 23.3 Å². The standard InChI is InChI=1S/C19H27FO3/c1-17-7-6-14-12(13(17)3-4-16(17)22)9-15(20)19(23)10-11(21)5-8-18(14,19)2/h12-15,23H,3-10H2,1-2H3/t12?,13?,14?,15-,17?,18?,19+/m1/s1. The molecular formula is C19H27FO3. The average molecular weight is 322 g/mol. The minimum absolute atomic E-state index is 0.0113. The zero-order valence-electron chi connectivity index (χ0n) is 14.1. The van der Waals surface area contributed by atoms with E-state index in [1.54, 1.807) is 0 Å². The fourth-order valence-corrected chi connectivity index (χ4v) is 6.79. The van der Waals surface area contributed by atoms with Crippen LogP contribution in [0.5, 0.6) is 0 Å². The molecule has 4 rings (SSSR count). The molecule has 0 heterocycles. The normalized spacial score (nSPS) is 56.0. The maximum absolute atomic E-state index is 15.1. The minimum atomic E-state index is -1.50. The Morgan fingerprint density at radius 1 is 1.09 bits per heavy atom. The summed E-state index contributed by atoms with van der Waals surface area (Å²) in [7, 11) is 0. The molecule has 0 amide bonds. The molecule has 0 spiro atoms. The van der Waals surface area contributed by atoms with E-state index in [9.17, 15) is 14.7 Å². The molecule has 0 aromatic heterocycles. The Bertz CT molecular complexity index is 575. The Hall–Kier alpha value is -0.770. The third-order valence-electron chi connectivity index (χ3n) is 8.34. The number of ketones is 2. The van der Waals surface area contributed by atoms with E-state index in [1.807, 2.05) is 6.92 Å². The highest BCUT2D eigenvalue weighted by Crippen LogP contribution is 2.66. The molecule has 7 atom stereocenters. The van der Waals surface area contributed by atoms with Gasteiger partial charge in [-0.3, -0.25) is 9.59 Å². The first-order valence-corrected chi connectivity index (χ1v) is 9.14. The number of halogens is 1. The molecule has 0 saturated heterocycles. The van der Waals surface area contributed by atoms with Gasteiger partial charge in [-0.05, 0) is 49.9 Å². The molecule has 23 heavy (non-hydrogen) atoms. The second kappa shape index (κ2) is 4.65. The summed E-state index contributed by atoms with van der Waals surface area (Å²) in [5.74, 6) is 1.00. The number of carbonyl (C=O) groups excluding carboxylic acids is 2. The summed E-state index contributed by atoms with van der Waals surface area (Å²) in [5.41, 5.74) is -2.31. The van der Waals surface area contributed by atoms with Crippen molar-refractivity contribution in [3.63, 3.8) is 0 Å². The molecule has 0 radical (unpaired) electrons. The Morgan fingerprint density at radius 2 is 1.83 bits per heavy atom. The molecule has 0 aliphatic heterocycles. The lowest BCUT2D eigenvalue weighted by Crippen LogP contribution is -2.67. The summed E-state index contributed by atoms with van der Waals surface area (Å²) < 4.78 is 15.1. The molecule has 0 bridgehead atoms. The van der Waals surface area contributed by atoms with Gasteiger partial charge in [0.05, 0.1) is 0 Å². The number of Topliss-reactive ketones (excluding diaryl/α,β-unsaturated/α-hetero) is 2. The van der Waals surface area contributed by atoms with Gasteiger partial charge in [0.2, 0.25) is 0 Å². The topological polar surface area (TPSA) is 54.4 Å².